The van der Waals surface area contributed by atoms with Gasteiger partial charge in [0, 0.05) is 18.8 Å². The maximum absolute atomic E-state index is 11.3. The number of hydrogen-bond donors (Lipinski definition) is 2. The Morgan fingerprint density at radius 3 is 2.47 bits per heavy atom. The van der Waals surface area contributed by atoms with Crippen molar-refractivity contribution in [3.63, 3.8) is 0 Å². The highest BCUT2D eigenvalue weighted by Gasteiger charge is 2.22. The van der Waals surface area contributed by atoms with Crippen LogP contribution in [0.25, 0.3) is 0 Å². The zero-order chi connectivity index (χ0) is 13.9. The Labute approximate surface area is 115 Å². The highest BCUT2D eigenvalue weighted by Crippen LogP contribution is 2.23. The van der Waals surface area contributed by atoms with Crippen molar-refractivity contribution in [2.24, 2.45) is 11.7 Å². The van der Waals surface area contributed by atoms with Gasteiger partial charge in [0.1, 0.15) is 0 Å². The molecule has 0 heterocycles. The van der Waals surface area contributed by atoms with E-state index in [1.807, 2.05) is 12.1 Å². The van der Waals surface area contributed by atoms with Crippen molar-refractivity contribution in [2.75, 3.05) is 12.8 Å². The summed E-state index contributed by atoms with van der Waals surface area (Å²) in [4.78, 5) is 0.370. The minimum Gasteiger partial charge on any atom is -0.327 e. The van der Waals surface area contributed by atoms with Crippen LogP contribution in [-0.4, -0.2) is 27.3 Å². The van der Waals surface area contributed by atoms with Gasteiger partial charge >= 0.3 is 0 Å². The van der Waals surface area contributed by atoms with E-state index in [-0.39, 0.29) is 0 Å². The van der Waals surface area contributed by atoms with Gasteiger partial charge in [-0.15, -0.1) is 0 Å². The first kappa shape index (κ1) is 14.5. The number of nitrogens with two attached hydrogens (primary N) is 1. The van der Waals surface area contributed by atoms with Crippen molar-refractivity contribution in [1.29, 1.82) is 0 Å². The molecule has 1 aliphatic carbocycles. The highest BCUT2D eigenvalue weighted by molar-refractivity contribution is 7.90. The summed E-state index contributed by atoms with van der Waals surface area (Å²) < 4.78 is 22.7. The lowest BCUT2D eigenvalue weighted by Crippen LogP contribution is -2.32. The molecule has 0 spiro atoms. The first-order valence-electron chi connectivity index (χ1n) is 6.72. The van der Waals surface area contributed by atoms with Crippen LogP contribution in [-0.2, 0) is 16.4 Å². The number of sulfone groups is 1. The SMILES string of the molecule is CS(=O)(=O)c1ccc(CNCC2CCCC2N)cc1. The summed E-state index contributed by atoms with van der Waals surface area (Å²) in [6, 6.07) is 7.37. The van der Waals surface area contributed by atoms with E-state index in [1.54, 1.807) is 12.1 Å². The van der Waals surface area contributed by atoms with Crippen LogP contribution in [0.15, 0.2) is 29.2 Å². The Morgan fingerprint density at radius 2 is 1.95 bits per heavy atom. The van der Waals surface area contributed by atoms with Gasteiger partial charge in [-0.1, -0.05) is 18.6 Å². The van der Waals surface area contributed by atoms with Crippen LogP contribution in [0.4, 0.5) is 0 Å². The van der Waals surface area contributed by atoms with Crippen LogP contribution >= 0.6 is 0 Å². The molecule has 0 aromatic heterocycles. The van der Waals surface area contributed by atoms with Crippen LogP contribution < -0.4 is 11.1 Å². The Bertz CT molecular complexity index is 511. The molecule has 1 aromatic rings. The molecule has 1 fully saturated rings. The Balaban J connectivity index is 1.83. The van der Waals surface area contributed by atoms with Crippen LogP contribution in [0, 0.1) is 5.92 Å². The van der Waals surface area contributed by atoms with Gasteiger partial charge in [-0.05, 0) is 43.0 Å². The fraction of sp³-hybridized carbons (Fsp3) is 0.571. The largest absolute Gasteiger partial charge is 0.327 e. The van der Waals surface area contributed by atoms with Crippen molar-refractivity contribution in [2.45, 2.75) is 36.7 Å². The van der Waals surface area contributed by atoms with Crippen LogP contribution in [0.1, 0.15) is 24.8 Å². The lowest BCUT2D eigenvalue weighted by atomic mass is 10.0. The van der Waals surface area contributed by atoms with E-state index in [0.29, 0.717) is 16.9 Å². The predicted molar refractivity (Wildman–Crippen MR) is 76.6 cm³/mol. The van der Waals surface area contributed by atoms with Gasteiger partial charge in [0.2, 0.25) is 0 Å². The lowest BCUT2D eigenvalue weighted by molar-refractivity contribution is 0.442. The van der Waals surface area contributed by atoms with Crippen LogP contribution in [0.2, 0.25) is 0 Å². The fourth-order valence-electron chi connectivity index (χ4n) is 2.58. The molecule has 1 aromatic carbocycles. The van der Waals surface area contributed by atoms with Gasteiger partial charge in [0.15, 0.2) is 9.84 Å². The van der Waals surface area contributed by atoms with Crippen LogP contribution in [0.3, 0.4) is 0 Å². The second kappa shape index (κ2) is 6.03. The Morgan fingerprint density at radius 1 is 1.26 bits per heavy atom. The summed E-state index contributed by atoms with van der Waals surface area (Å²) in [5.41, 5.74) is 7.12. The summed E-state index contributed by atoms with van der Waals surface area (Å²) in [5.74, 6) is 0.579. The minimum absolute atomic E-state index is 0.333. The Kier molecular flexibility index (Phi) is 4.60. The maximum Gasteiger partial charge on any atom is 0.175 e. The Hall–Kier alpha value is -0.910. The fourth-order valence-corrected chi connectivity index (χ4v) is 3.21. The molecule has 2 atom stereocenters. The van der Waals surface area contributed by atoms with E-state index in [1.165, 1.54) is 19.1 Å². The standard InChI is InChI=1S/C14H22N2O2S/c1-19(17,18)13-7-5-11(6-8-13)9-16-10-12-3-2-4-14(12)15/h5-8,12,14,16H,2-4,9-10,15H2,1H3. The number of rotatable bonds is 5. The molecular formula is C14H22N2O2S. The van der Waals surface area contributed by atoms with Gasteiger partial charge in [-0.25, -0.2) is 8.42 Å². The molecule has 106 valence electrons. The van der Waals surface area contributed by atoms with Gasteiger partial charge in [0.25, 0.3) is 0 Å². The lowest BCUT2D eigenvalue weighted by Gasteiger charge is -2.16. The molecule has 5 heteroatoms. The quantitative estimate of drug-likeness (QED) is 0.854. The van der Waals surface area contributed by atoms with Gasteiger partial charge < -0.3 is 11.1 Å². The molecule has 0 radical (unpaired) electrons. The third-order valence-electron chi connectivity index (χ3n) is 3.81. The van der Waals surface area contributed by atoms with E-state index in [4.69, 9.17) is 5.73 Å². The molecule has 3 N–H and O–H groups in total. The molecule has 19 heavy (non-hydrogen) atoms. The van der Waals surface area contributed by atoms with Crippen molar-refractivity contribution < 1.29 is 8.42 Å². The molecule has 0 bridgehead atoms. The predicted octanol–water partition coefficient (Wildman–Crippen LogP) is 1.31. The molecule has 1 aliphatic rings. The monoisotopic (exact) mass is 282 g/mol. The smallest absolute Gasteiger partial charge is 0.175 e. The van der Waals surface area contributed by atoms with Crippen molar-refractivity contribution in [3.05, 3.63) is 29.8 Å². The van der Waals surface area contributed by atoms with Gasteiger partial charge in [-0.2, -0.15) is 0 Å². The summed E-state index contributed by atoms with van der Waals surface area (Å²) in [6.45, 7) is 1.70. The molecule has 0 aliphatic heterocycles. The molecule has 2 unspecified atom stereocenters. The summed E-state index contributed by atoms with van der Waals surface area (Å²) >= 11 is 0. The molecule has 4 nitrogen and oxygen atoms in total. The zero-order valence-electron chi connectivity index (χ0n) is 11.3. The van der Waals surface area contributed by atoms with Crippen LogP contribution in [0.5, 0.6) is 0 Å². The molecule has 0 amide bonds. The zero-order valence-corrected chi connectivity index (χ0v) is 12.1. The van der Waals surface area contributed by atoms with E-state index >= 15 is 0 Å². The second-order valence-corrected chi connectivity index (χ2v) is 7.42. The average Bonchev–Trinajstić information content (AvgIpc) is 2.75. The first-order chi connectivity index (χ1) is 8.97. The third-order valence-corrected chi connectivity index (χ3v) is 4.93. The molecule has 0 saturated heterocycles. The highest BCUT2D eigenvalue weighted by atomic mass is 32.2. The van der Waals surface area contributed by atoms with Crippen molar-refractivity contribution >= 4 is 9.84 Å². The molecule has 2 rings (SSSR count). The topological polar surface area (TPSA) is 72.2 Å². The maximum atomic E-state index is 11.3. The third kappa shape index (κ3) is 4.03. The minimum atomic E-state index is -3.10. The summed E-state index contributed by atoms with van der Waals surface area (Å²) in [7, 11) is -3.10. The van der Waals surface area contributed by atoms with Crippen molar-refractivity contribution in [1.82, 2.24) is 5.32 Å². The van der Waals surface area contributed by atoms with E-state index in [2.05, 4.69) is 5.32 Å². The number of benzene rings is 1. The van der Waals surface area contributed by atoms with Crippen molar-refractivity contribution in [3.8, 4) is 0 Å². The summed E-state index contributed by atoms with van der Waals surface area (Å²) in [5, 5.41) is 3.40. The summed E-state index contributed by atoms with van der Waals surface area (Å²) in [6.07, 6.45) is 4.80. The average molecular weight is 282 g/mol. The van der Waals surface area contributed by atoms with E-state index < -0.39 is 9.84 Å². The molecule has 1 saturated carbocycles. The normalized spacial score (nSPS) is 23.7. The number of nitrogens with one attached hydrogen (secondary N) is 1. The first-order valence-corrected chi connectivity index (χ1v) is 8.61. The van der Waals surface area contributed by atoms with E-state index in [9.17, 15) is 8.42 Å². The molecular weight excluding hydrogens is 260 g/mol. The number of hydrogen-bond acceptors (Lipinski definition) is 4. The van der Waals surface area contributed by atoms with Gasteiger partial charge in [0.05, 0.1) is 4.90 Å². The van der Waals surface area contributed by atoms with Gasteiger partial charge in [-0.3, -0.25) is 0 Å². The second-order valence-electron chi connectivity index (χ2n) is 5.40. The van der Waals surface area contributed by atoms with E-state index in [0.717, 1.165) is 25.1 Å².